The molecule has 1 aliphatic rings. The maximum absolute atomic E-state index is 10.5. The van der Waals surface area contributed by atoms with Gasteiger partial charge in [-0.25, -0.2) is 4.98 Å². The summed E-state index contributed by atoms with van der Waals surface area (Å²) in [5.41, 5.74) is 1.33. The van der Waals surface area contributed by atoms with Gasteiger partial charge in [-0.15, -0.1) is 0 Å². The van der Waals surface area contributed by atoms with Crippen molar-refractivity contribution in [1.82, 2.24) is 19.8 Å². The number of rotatable bonds is 8. The van der Waals surface area contributed by atoms with E-state index in [1.807, 2.05) is 23.9 Å². The van der Waals surface area contributed by atoms with Gasteiger partial charge in [0.05, 0.1) is 31.4 Å². The van der Waals surface area contributed by atoms with Gasteiger partial charge in [-0.3, -0.25) is 0 Å². The lowest BCUT2D eigenvalue weighted by molar-refractivity contribution is 0.0202. The lowest BCUT2D eigenvalue weighted by atomic mass is 10.1. The molecule has 6 heteroatoms. The number of likely N-dealkylation sites (N-methyl/N-ethyl adjacent to an activating group) is 1. The van der Waals surface area contributed by atoms with Crippen molar-refractivity contribution >= 4 is 0 Å². The van der Waals surface area contributed by atoms with Crippen LogP contribution in [0.25, 0.3) is 0 Å². The Morgan fingerprint density at radius 2 is 2.16 bits per heavy atom. The normalized spacial score (nSPS) is 23.4. The van der Waals surface area contributed by atoms with Gasteiger partial charge >= 0.3 is 0 Å². The van der Waals surface area contributed by atoms with E-state index in [4.69, 9.17) is 4.74 Å². The smallest absolute Gasteiger partial charge is 0.122 e. The highest BCUT2D eigenvalue weighted by Crippen LogP contribution is 2.16. The third-order valence-corrected chi connectivity index (χ3v) is 4.84. The Morgan fingerprint density at radius 3 is 2.88 bits per heavy atom. The van der Waals surface area contributed by atoms with Crippen molar-refractivity contribution in [3.8, 4) is 0 Å². The second-order valence-corrected chi connectivity index (χ2v) is 6.80. The number of aromatic nitrogens is 2. The van der Waals surface area contributed by atoms with Crippen molar-refractivity contribution in [2.45, 2.75) is 31.2 Å². The highest BCUT2D eigenvalue weighted by atomic mass is 16.5. The number of nitrogens with one attached hydrogen (secondary N) is 1. The first-order valence-electron chi connectivity index (χ1n) is 8.85. The molecule has 136 valence electrons. The topological polar surface area (TPSA) is 62.5 Å². The van der Waals surface area contributed by atoms with E-state index in [0.717, 1.165) is 25.3 Å². The van der Waals surface area contributed by atoms with Crippen LogP contribution in [0, 0.1) is 0 Å². The summed E-state index contributed by atoms with van der Waals surface area (Å²) in [6.07, 6.45) is 4.05. The Kier molecular flexibility index (Phi) is 6.20. The molecule has 2 aromatic rings. The van der Waals surface area contributed by atoms with Crippen LogP contribution in [0.4, 0.5) is 0 Å². The zero-order valence-electron chi connectivity index (χ0n) is 15.0. The van der Waals surface area contributed by atoms with E-state index in [9.17, 15) is 5.11 Å². The van der Waals surface area contributed by atoms with Gasteiger partial charge in [-0.2, -0.15) is 0 Å². The minimum Gasteiger partial charge on any atom is -0.389 e. The number of aliphatic hydroxyl groups is 1. The van der Waals surface area contributed by atoms with Crippen LogP contribution in [-0.2, 0) is 24.8 Å². The molecule has 0 amide bonds. The fourth-order valence-electron chi connectivity index (χ4n) is 3.18. The van der Waals surface area contributed by atoms with E-state index in [1.54, 1.807) is 6.20 Å². The van der Waals surface area contributed by atoms with Crippen molar-refractivity contribution < 1.29 is 9.84 Å². The predicted octanol–water partition coefficient (Wildman–Crippen LogP) is 0.812. The molecular weight excluding hydrogens is 316 g/mol. The van der Waals surface area contributed by atoms with Crippen molar-refractivity contribution in [2.24, 2.45) is 7.05 Å². The molecule has 0 bridgehead atoms. The molecule has 0 spiro atoms. The molecule has 25 heavy (non-hydrogen) atoms. The van der Waals surface area contributed by atoms with E-state index in [-0.39, 0.29) is 12.1 Å². The Balaban J connectivity index is 1.42. The average molecular weight is 344 g/mol. The molecule has 3 unspecified atom stereocenters. The predicted molar refractivity (Wildman–Crippen MR) is 97.2 cm³/mol. The molecule has 3 atom stereocenters. The molecule has 1 aliphatic heterocycles. The summed E-state index contributed by atoms with van der Waals surface area (Å²) in [7, 11) is 4.05. The van der Waals surface area contributed by atoms with Crippen molar-refractivity contribution in [3.05, 3.63) is 54.1 Å². The van der Waals surface area contributed by atoms with Crippen LogP contribution in [0.2, 0.25) is 0 Å². The molecule has 1 aromatic carbocycles. The number of nitrogens with zero attached hydrogens (tertiary/aromatic N) is 3. The van der Waals surface area contributed by atoms with Crippen LogP contribution in [0.3, 0.4) is 0 Å². The number of benzene rings is 1. The van der Waals surface area contributed by atoms with Crippen LogP contribution in [-0.4, -0.2) is 64.6 Å². The Morgan fingerprint density at radius 1 is 1.36 bits per heavy atom. The molecule has 6 nitrogen and oxygen atoms in total. The monoisotopic (exact) mass is 344 g/mol. The Hall–Kier alpha value is -1.73. The summed E-state index contributed by atoms with van der Waals surface area (Å²) in [5, 5.41) is 13.9. The lowest BCUT2D eigenvalue weighted by Crippen LogP contribution is -2.44. The van der Waals surface area contributed by atoms with Crippen molar-refractivity contribution in [2.75, 3.05) is 26.7 Å². The fourth-order valence-corrected chi connectivity index (χ4v) is 3.18. The highest BCUT2D eigenvalue weighted by Gasteiger charge is 2.36. The van der Waals surface area contributed by atoms with Gasteiger partial charge in [0.2, 0.25) is 0 Å². The summed E-state index contributed by atoms with van der Waals surface area (Å²) < 4.78 is 7.80. The van der Waals surface area contributed by atoms with Crippen LogP contribution in [0.5, 0.6) is 0 Å². The number of hydrogen-bond acceptors (Lipinski definition) is 5. The van der Waals surface area contributed by atoms with Crippen LogP contribution in [0.1, 0.15) is 11.4 Å². The number of aryl methyl sites for hydroxylation is 1. The zero-order chi connectivity index (χ0) is 17.6. The first kappa shape index (κ1) is 18.1. The summed E-state index contributed by atoms with van der Waals surface area (Å²) >= 11 is 0. The molecule has 3 rings (SSSR count). The first-order valence-corrected chi connectivity index (χ1v) is 8.85. The first-order chi connectivity index (χ1) is 12.1. The quantitative estimate of drug-likeness (QED) is 0.742. The van der Waals surface area contributed by atoms with Gasteiger partial charge in [0, 0.05) is 32.5 Å². The number of ether oxygens (including phenoxy) is 1. The van der Waals surface area contributed by atoms with Crippen molar-refractivity contribution in [1.29, 1.82) is 0 Å². The summed E-state index contributed by atoms with van der Waals surface area (Å²) in [5.74, 6) is 0.954. The van der Waals surface area contributed by atoms with Gasteiger partial charge in [-0.05, 0) is 19.0 Å². The van der Waals surface area contributed by atoms with Crippen LogP contribution < -0.4 is 5.32 Å². The van der Waals surface area contributed by atoms with Gasteiger partial charge in [-0.1, -0.05) is 30.3 Å². The fraction of sp³-hybridized carbons (Fsp3) is 0.526. The number of aliphatic hydroxyl groups excluding tert-OH is 1. The second kappa shape index (κ2) is 8.58. The largest absolute Gasteiger partial charge is 0.389 e. The van der Waals surface area contributed by atoms with E-state index < -0.39 is 6.10 Å². The van der Waals surface area contributed by atoms with Gasteiger partial charge in [0.1, 0.15) is 5.82 Å². The van der Waals surface area contributed by atoms with E-state index in [2.05, 4.69) is 46.5 Å². The van der Waals surface area contributed by atoms with Crippen LogP contribution in [0.15, 0.2) is 42.7 Å². The van der Waals surface area contributed by atoms with Gasteiger partial charge < -0.3 is 24.6 Å². The van der Waals surface area contributed by atoms with E-state index >= 15 is 0 Å². The molecule has 1 aromatic heterocycles. The average Bonchev–Trinajstić information content (AvgIpc) is 3.18. The molecule has 2 heterocycles. The standard InChI is InChI=1S/C19H28N4O2/c1-22(10-8-15-6-4-3-5-7-15)13-17-19(24)16(14-25-17)21-12-18-20-9-11-23(18)2/h3-7,9,11,16-17,19,21,24H,8,10,12-14H2,1-2H3. The lowest BCUT2D eigenvalue weighted by Gasteiger charge is -2.24. The summed E-state index contributed by atoms with van der Waals surface area (Å²) in [4.78, 5) is 6.52. The van der Waals surface area contributed by atoms with E-state index in [0.29, 0.717) is 13.2 Å². The minimum atomic E-state index is -0.501. The second-order valence-electron chi connectivity index (χ2n) is 6.80. The molecule has 1 saturated heterocycles. The Bertz CT molecular complexity index is 646. The molecule has 2 N–H and O–H groups in total. The SMILES string of the molecule is CN(CCc1ccccc1)CC1OCC(NCc2nccn2C)C1O. The number of hydrogen-bond donors (Lipinski definition) is 2. The van der Waals surface area contributed by atoms with Gasteiger partial charge in [0.15, 0.2) is 0 Å². The summed E-state index contributed by atoms with van der Waals surface area (Å²) in [6.45, 7) is 2.84. The minimum absolute atomic E-state index is 0.0516. The zero-order valence-corrected chi connectivity index (χ0v) is 15.0. The highest BCUT2D eigenvalue weighted by molar-refractivity contribution is 5.14. The molecular formula is C19H28N4O2. The third kappa shape index (κ3) is 4.89. The Labute approximate surface area is 149 Å². The maximum atomic E-state index is 10.5. The van der Waals surface area contributed by atoms with Gasteiger partial charge in [0.25, 0.3) is 0 Å². The molecule has 0 aliphatic carbocycles. The molecule has 1 fully saturated rings. The molecule has 0 radical (unpaired) electrons. The van der Waals surface area contributed by atoms with Crippen LogP contribution >= 0.6 is 0 Å². The summed E-state index contributed by atoms with van der Waals surface area (Å²) in [6, 6.07) is 10.4. The third-order valence-electron chi connectivity index (χ3n) is 4.84. The number of imidazole rings is 1. The van der Waals surface area contributed by atoms with Crippen molar-refractivity contribution in [3.63, 3.8) is 0 Å². The van der Waals surface area contributed by atoms with E-state index in [1.165, 1.54) is 5.56 Å². The maximum Gasteiger partial charge on any atom is 0.122 e. The molecule has 0 saturated carbocycles.